The lowest BCUT2D eigenvalue weighted by Gasteiger charge is -2.16. The SMILES string of the molecule is COc1ccc2[nH]cc(C3(CNC(=O)c4ccc(Cl)c(Cl)c4)CC3)c2c1. The molecule has 1 heterocycles. The van der Waals surface area contributed by atoms with Crippen molar-refractivity contribution in [2.75, 3.05) is 13.7 Å². The van der Waals surface area contributed by atoms with Crippen LogP contribution in [-0.2, 0) is 5.41 Å². The van der Waals surface area contributed by atoms with E-state index in [4.69, 9.17) is 27.9 Å². The Kier molecular flexibility index (Phi) is 4.33. The number of fused-ring (bicyclic) bond motifs is 1. The molecule has 1 amide bonds. The van der Waals surface area contributed by atoms with Crippen LogP contribution < -0.4 is 10.1 Å². The Bertz CT molecular complexity index is 993. The fourth-order valence-corrected chi connectivity index (χ4v) is 3.64. The van der Waals surface area contributed by atoms with Gasteiger partial charge in [-0.2, -0.15) is 0 Å². The molecular weight excluding hydrogens is 371 g/mol. The zero-order valence-electron chi connectivity index (χ0n) is 14.2. The van der Waals surface area contributed by atoms with Crippen molar-refractivity contribution < 1.29 is 9.53 Å². The average molecular weight is 389 g/mol. The second-order valence-corrected chi connectivity index (χ2v) is 7.52. The number of aromatic amines is 1. The molecule has 4 nitrogen and oxygen atoms in total. The Morgan fingerprint density at radius 1 is 1.19 bits per heavy atom. The molecule has 2 N–H and O–H groups in total. The molecule has 2 aromatic carbocycles. The Morgan fingerprint density at radius 3 is 2.69 bits per heavy atom. The largest absolute Gasteiger partial charge is 0.497 e. The van der Waals surface area contributed by atoms with Gasteiger partial charge < -0.3 is 15.0 Å². The molecule has 1 fully saturated rings. The number of H-pyrrole nitrogens is 1. The van der Waals surface area contributed by atoms with Crippen LogP contribution in [0.5, 0.6) is 5.75 Å². The van der Waals surface area contributed by atoms with Crippen molar-refractivity contribution in [2.45, 2.75) is 18.3 Å². The lowest BCUT2D eigenvalue weighted by atomic mass is 9.95. The van der Waals surface area contributed by atoms with Crippen LogP contribution in [0.2, 0.25) is 10.0 Å². The van der Waals surface area contributed by atoms with Gasteiger partial charge in [-0.05, 0) is 54.8 Å². The third-order valence-electron chi connectivity index (χ3n) is 5.08. The maximum absolute atomic E-state index is 12.5. The molecular formula is C20H18Cl2N2O2. The van der Waals surface area contributed by atoms with Crippen molar-refractivity contribution in [1.29, 1.82) is 0 Å². The zero-order valence-corrected chi connectivity index (χ0v) is 15.7. The normalized spacial score (nSPS) is 15.0. The van der Waals surface area contributed by atoms with Crippen LogP contribution in [0.1, 0.15) is 28.8 Å². The summed E-state index contributed by atoms with van der Waals surface area (Å²) in [5, 5.41) is 5.01. The number of methoxy groups -OCH3 is 1. The van der Waals surface area contributed by atoms with Crippen LogP contribution in [0.15, 0.2) is 42.6 Å². The summed E-state index contributed by atoms with van der Waals surface area (Å²) in [6.07, 6.45) is 4.13. The van der Waals surface area contributed by atoms with Gasteiger partial charge in [0.2, 0.25) is 0 Å². The van der Waals surface area contributed by atoms with Gasteiger partial charge in [0, 0.05) is 34.6 Å². The number of hydrogen-bond donors (Lipinski definition) is 2. The van der Waals surface area contributed by atoms with Gasteiger partial charge >= 0.3 is 0 Å². The van der Waals surface area contributed by atoms with Gasteiger partial charge in [0.05, 0.1) is 17.2 Å². The fourth-order valence-electron chi connectivity index (χ4n) is 3.35. The number of ether oxygens (including phenoxy) is 1. The summed E-state index contributed by atoms with van der Waals surface area (Å²) in [7, 11) is 1.66. The van der Waals surface area contributed by atoms with Crippen molar-refractivity contribution in [2.24, 2.45) is 0 Å². The number of rotatable bonds is 5. The van der Waals surface area contributed by atoms with E-state index >= 15 is 0 Å². The summed E-state index contributed by atoms with van der Waals surface area (Å²) in [6.45, 7) is 0.580. The molecule has 134 valence electrons. The standard InChI is InChI=1S/C20H18Cl2N2O2/c1-26-13-3-5-18-14(9-13)15(10-23-18)20(6-7-20)11-24-19(25)12-2-4-16(21)17(22)8-12/h2-5,8-10,23H,6-7,11H2,1H3,(H,24,25). The molecule has 1 aliphatic rings. The van der Waals surface area contributed by atoms with Crippen LogP contribution in [0.4, 0.5) is 0 Å². The molecule has 0 bridgehead atoms. The third kappa shape index (κ3) is 3.04. The molecule has 0 spiro atoms. The van der Waals surface area contributed by atoms with Crippen molar-refractivity contribution in [1.82, 2.24) is 10.3 Å². The highest BCUT2D eigenvalue weighted by Gasteiger charge is 2.46. The first-order chi connectivity index (χ1) is 12.5. The molecule has 1 aliphatic carbocycles. The lowest BCUT2D eigenvalue weighted by Crippen LogP contribution is -2.32. The van der Waals surface area contributed by atoms with Crippen LogP contribution in [0.25, 0.3) is 10.9 Å². The maximum atomic E-state index is 12.5. The van der Waals surface area contributed by atoms with Crippen LogP contribution in [0, 0.1) is 0 Å². The summed E-state index contributed by atoms with van der Waals surface area (Å²) in [5.74, 6) is 0.682. The third-order valence-corrected chi connectivity index (χ3v) is 5.82. The lowest BCUT2D eigenvalue weighted by molar-refractivity contribution is 0.0949. The van der Waals surface area contributed by atoms with Crippen molar-refractivity contribution in [3.8, 4) is 5.75 Å². The molecule has 0 atom stereocenters. The molecule has 26 heavy (non-hydrogen) atoms. The van der Waals surface area contributed by atoms with Gasteiger partial charge in [0.1, 0.15) is 5.75 Å². The second-order valence-electron chi connectivity index (χ2n) is 6.71. The first kappa shape index (κ1) is 17.3. The first-order valence-electron chi connectivity index (χ1n) is 8.41. The quantitative estimate of drug-likeness (QED) is 0.649. The van der Waals surface area contributed by atoms with E-state index in [1.165, 1.54) is 5.56 Å². The van der Waals surface area contributed by atoms with E-state index in [-0.39, 0.29) is 11.3 Å². The molecule has 0 radical (unpaired) electrons. The van der Waals surface area contributed by atoms with E-state index in [0.717, 1.165) is 29.5 Å². The highest BCUT2D eigenvalue weighted by molar-refractivity contribution is 6.42. The van der Waals surface area contributed by atoms with E-state index in [1.807, 2.05) is 24.4 Å². The summed E-state index contributed by atoms with van der Waals surface area (Å²) in [4.78, 5) is 15.8. The molecule has 6 heteroatoms. The Morgan fingerprint density at radius 2 is 2.00 bits per heavy atom. The van der Waals surface area contributed by atoms with Crippen molar-refractivity contribution in [3.05, 3.63) is 63.8 Å². The minimum absolute atomic E-state index is 0.0313. The van der Waals surface area contributed by atoms with Crippen LogP contribution in [-0.4, -0.2) is 24.5 Å². The summed E-state index contributed by atoms with van der Waals surface area (Å²) < 4.78 is 5.35. The topological polar surface area (TPSA) is 54.1 Å². The smallest absolute Gasteiger partial charge is 0.251 e. The molecule has 1 saturated carbocycles. The summed E-state index contributed by atoms with van der Waals surface area (Å²) >= 11 is 11.9. The van der Waals surface area contributed by atoms with E-state index < -0.39 is 0 Å². The zero-order chi connectivity index (χ0) is 18.3. The average Bonchev–Trinajstić information content (AvgIpc) is 3.32. The maximum Gasteiger partial charge on any atom is 0.251 e. The van der Waals surface area contributed by atoms with E-state index in [2.05, 4.69) is 10.3 Å². The highest BCUT2D eigenvalue weighted by Crippen LogP contribution is 2.50. The predicted molar refractivity (Wildman–Crippen MR) is 105 cm³/mol. The number of aromatic nitrogens is 1. The molecule has 0 saturated heterocycles. The number of carbonyl (C=O) groups excluding carboxylic acids is 1. The molecule has 4 rings (SSSR count). The van der Waals surface area contributed by atoms with Crippen LogP contribution >= 0.6 is 23.2 Å². The number of benzene rings is 2. The molecule has 0 unspecified atom stereocenters. The van der Waals surface area contributed by atoms with Crippen molar-refractivity contribution in [3.63, 3.8) is 0 Å². The summed E-state index contributed by atoms with van der Waals surface area (Å²) in [6, 6.07) is 10.9. The fraction of sp³-hybridized carbons (Fsp3) is 0.250. The molecule has 3 aromatic rings. The van der Waals surface area contributed by atoms with Gasteiger partial charge in [0.15, 0.2) is 0 Å². The van der Waals surface area contributed by atoms with E-state index in [1.54, 1.807) is 25.3 Å². The highest BCUT2D eigenvalue weighted by atomic mass is 35.5. The minimum Gasteiger partial charge on any atom is -0.497 e. The van der Waals surface area contributed by atoms with Gasteiger partial charge in [-0.3, -0.25) is 4.79 Å². The minimum atomic E-state index is -0.146. The molecule has 0 aliphatic heterocycles. The number of hydrogen-bond acceptors (Lipinski definition) is 2. The van der Waals surface area contributed by atoms with E-state index in [0.29, 0.717) is 22.2 Å². The van der Waals surface area contributed by atoms with Gasteiger partial charge in [-0.15, -0.1) is 0 Å². The second kappa shape index (κ2) is 6.53. The Hall–Kier alpha value is -2.17. The Balaban J connectivity index is 1.55. The molecule has 1 aromatic heterocycles. The van der Waals surface area contributed by atoms with Gasteiger partial charge in [0.25, 0.3) is 5.91 Å². The number of nitrogens with one attached hydrogen (secondary N) is 2. The van der Waals surface area contributed by atoms with Gasteiger partial charge in [-0.25, -0.2) is 0 Å². The summed E-state index contributed by atoms with van der Waals surface area (Å²) in [5.41, 5.74) is 2.77. The van der Waals surface area contributed by atoms with Crippen molar-refractivity contribution >= 4 is 40.0 Å². The predicted octanol–water partition coefficient (Wildman–Crippen LogP) is 4.94. The first-order valence-corrected chi connectivity index (χ1v) is 9.17. The van der Waals surface area contributed by atoms with E-state index in [9.17, 15) is 4.79 Å². The number of halogens is 2. The number of amides is 1. The van der Waals surface area contributed by atoms with Crippen LogP contribution in [0.3, 0.4) is 0 Å². The monoisotopic (exact) mass is 388 g/mol. The number of carbonyl (C=O) groups is 1. The Labute approximate surface area is 161 Å². The van der Waals surface area contributed by atoms with Gasteiger partial charge in [-0.1, -0.05) is 23.2 Å².